The van der Waals surface area contributed by atoms with Crippen molar-refractivity contribution in [1.29, 1.82) is 0 Å². The molecular weight excluding hydrogens is 304 g/mol. The van der Waals surface area contributed by atoms with Crippen molar-refractivity contribution in [2.45, 2.75) is 25.5 Å². The molecule has 0 radical (unpaired) electrons. The van der Waals surface area contributed by atoms with E-state index in [-0.39, 0.29) is 0 Å². The summed E-state index contributed by atoms with van der Waals surface area (Å²) in [5, 5.41) is 12.5. The summed E-state index contributed by atoms with van der Waals surface area (Å²) in [6, 6.07) is 18.3. The van der Waals surface area contributed by atoms with Crippen molar-refractivity contribution in [3.8, 4) is 5.75 Å². The molecule has 0 saturated carbocycles. The average molecular weight is 326 g/mol. The fraction of sp³-hybridized carbons (Fsp3) is 0.316. The molecule has 0 spiro atoms. The number of hydrogen-bond donors (Lipinski definition) is 2. The van der Waals surface area contributed by atoms with Crippen LogP contribution in [0.2, 0.25) is 0 Å². The third kappa shape index (κ3) is 4.41. The van der Waals surface area contributed by atoms with Crippen molar-refractivity contribution >= 4 is 11.8 Å². The predicted octanol–water partition coefficient (Wildman–Crippen LogP) is 3.82. The molecule has 1 aliphatic heterocycles. The number of rotatable bonds is 5. The van der Waals surface area contributed by atoms with Crippen LogP contribution in [0.25, 0.3) is 0 Å². The van der Waals surface area contributed by atoms with Gasteiger partial charge in [0, 0.05) is 30.9 Å². The van der Waals surface area contributed by atoms with Gasteiger partial charge in [-0.25, -0.2) is 4.79 Å². The van der Waals surface area contributed by atoms with Crippen LogP contribution in [0.5, 0.6) is 5.75 Å². The summed E-state index contributed by atoms with van der Waals surface area (Å²) in [4.78, 5) is 12.4. The zero-order valence-electron chi connectivity index (χ0n) is 13.5. The van der Waals surface area contributed by atoms with Gasteiger partial charge in [-0.05, 0) is 30.5 Å². The molecule has 126 valence electrons. The Kier molecular flexibility index (Phi) is 5.21. The zero-order chi connectivity index (χ0) is 16.8. The molecule has 2 aromatic carbocycles. The molecule has 1 amide bonds. The molecule has 5 nitrogen and oxygen atoms in total. The normalized spacial score (nSPS) is 15.1. The molecular formula is C19H22N2O3. The van der Waals surface area contributed by atoms with E-state index in [1.54, 1.807) is 0 Å². The van der Waals surface area contributed by atoms with Gasteiger partial charge >= 0.3 is 6.09 Å². The standard InChI is InChI=1S/C19H22N2O3/c22-19(23)21-11-9-16(10-12-21)20-17-7-4-8-18(13-17)24-14-15-5-2-1-3-6-15/h1-8,13,16,20H,9-12,14H2,(H,22,23). The van der Waals surface area contributed by atoms with E-state index in [0.29, 0.717) is 25.7 Å². The van der Waals surface area contributed by atoms with Gasteiger partial charge in [0.2, 0.25) is 0 Å². The Balaban J connectivity index is 1.53. The molecule has 0 atom stereocenters. The van der Waals surface area contributed by atoms with E-state index in [4.69, 9.17) is 9.84 Å². The highest BCUT2D eigenvalue weighted by molar-refractivity contribution is 5.65. The Bertz CT molecular complexity index is 667. The first-order chi connectivity index (χ1) is 11.7. The van der Waals surface area contributed by atoms with Gasteiger partial charge in [-0.3, -0.25) is 0 Å². The maximum absolute atomic E-state index is 10.9. The molecule has 5 heteroatoms. The minimum atomic E-state index is -0.829. The SMILES string of the molecule is O=C(O)N1CCC(Nc2cccc(OCc3ccccc3)c2)CC1. The molecule has 2 aromatic rings. The number of amides is 1. The van der Waals surface area contributed by atoms with E-state index in [2.05, 4.69) is 5.32 Å². The molecule has 24 heavy (non-hydrogen) atoms. The first kappa shape index (κ1) is 16.2. The molecule has 0 aromatic heterocycles. The minimum Gasteiger partial charge on any atom is -0.489 e. The van der Waals surface area contributed by atoms with Gasteiger partial charge in [0.05, 0.1) is 0 Å². The topological polar surface area (TPSA) is 61.8 Å². The first-order valence-corrected chi connectivity index (χ1v) is 8.22. The monoisotopic (exact) mass is 326 g/mol. The third-order valence-corrected chi connectivity index (χ3v) is 4.22. The Morgan fingerprint density at radius 1 is 1.12 bits per heavy atom. The fourth-order valence-electron chi connectivity index (χ4n) is 2.87. The summed E-state index contributed by atoms with van der Waals surface area (Å²) in [6.07, 6.45) is 0.813. The van der Waals surface area contributed by atoms with Gasteiger partial charge in [0.25, 0.3) is 0 Å². The van der Waals surface area contributed by atoms with Gasteiger partial charge in [-0.15, -0.1) is 0 Å². The number of benzene rings is 2. The van der Waals surface area contributed by atoms with Gasteiger partial charge in [-0.2, -0.15) is 0 Å². The Morgan fingerprint density at radius 3 is 2.58 bits per heavy atom. The van der Waals surface area contributed by atoms with Gasteiger partial charge in [0.15, 0.2) is 0 Å². The maximum Gasteiger partial charge on any atom is 0.407 e. The highest BCUT2D eigenvalue weighted by Gasteiger charge is 2.21. The number of carbonyl (C=O) groups is 1. The Labute approximate surface area is 141 Å². The first-order valence-electron chi connectivity index (χ1n) is 8.22. The predicted molar refractivity (Wildman–Crippen MR) is 93.5 cm³/mol. The van der Waals surface area contributed by atoms with E-state index in [1.807, 2.05) is 54.6 Å². The van der Waals surface area contributed by atoms with Crippen LogP contribution in [0.1, 0.15) is 18.4 Å². The maximum atomic E-state index is 10.9. The van der Waals surface area contributed by atoms with Crippen molar-refractivity contribution in [3.63, 3.8) is 0 Å². The molecule has 1 heterocycles. The van der Waals surface area contributed by atoms with Crippen LogP contribution < -0.4 is 10.1 Å². The molecule has 1 saturated heterocycles. The summed E-state index contributed by atoms with van der Waals surface area (Å²) in [5.74, 6) is 0.826. The average Bonchev–Trinajstić information content (AvgIpc) is 2.62. The quantitative estimate of drug-likeness (QED) is 0.877. The molecule has 0 bridgehead atoms. The fourth-order valence-corrected chi connectivity index (χ4v) is 2.87. The molecule has 0 unspecified atom stereocenters. The summed E-state index contributed by atoms with van der Waals surface area (Å²) >= 11 is 0. The summed E-state index contributed by atoms with van der Waals surface area (Å²) in [5.41, 5.74) is 2.14. The van der Waals surface area contributed by atoms with E-state index in [1.165, 1.54) is 4.90 Å². The number of nitrogens with one attached hydrogen (secondary N) is 1. The van der Waals surface area contributed by atoms with Gasteiger partial charge in [0.1, 0.15) is 12.4 Å². The largest absolute Gasteiger partial charge is 0.489 e. The van der Waals surface area contributed by atoms with Crippen LogP contribution in [0.3, 0.4) is 0 Å². The van der Waals surface area contributed by atoms with Crippen molar-refractivity contribution in [1.82, 2.24) is 4.90 Å². The second kappa shape index (κ2) is 7.73. The summed E-state index contributed by atoms with van der Waals surface area (Å²) < 4.78 is 5.84. The van der Waals surface area contributed by atoms with Crippen LogP contribution in [0.4, 0.5) is 10.5 Å². The lowest BCUT2D eigenvalue weighted by molar-refractivity contribution is 0.134. The molecule has 0 aliphatic carbocycles. The van der Waals surface area contributed by atoms with Crippen molar-refractivity contribution in [2.24, 2.45) is 0 Å². The lowest BCUT2D eigenvalue weighted by atomic mass is 10.1. The van der Waals surface area contributed by atoms with Gasteiger partial charge in [-0.1, -0.05) is 36.4 Å². The smallest absolute Gasteiger partial charge is 0.407 e. The Morgan fingerprint density at radius 2 is 1.88 bits per heavy atom. The Hall–Kier alpha value is -2.69. The van der Waals surface area contributed by atoms with Crippen LogP contribution in [-0.2, 0) is 6.61 Å². The number of nitrogens with zero attached hydrogens (tertiary/aromatic N) is 1. The minimum absolute atomic E-state index is 0.296. The second-order valence-corrected chi connectivity index (χ2v) is 5.99. The number of likely N-dealkylation sites (tertiary alicyclic amines) is 1. The summed E-state index contributed by atoms with van der Waals surface area (Å²) in [7, 11) is 0. The molecule has 2 N–H and O–H groups in total. The van der Waals surface area contributed by atoms with Crippen LogP contribution in [0.15, 0.2) is 54.6 Å². The van der Waals surface area contributed by atoms with Gasteiger partial charge < -0.3 is 20.1 Å². The number of ether oxygens (including phenoxy) is 1. The van der Waals surface area contributed by atoms with Crippen molar-refractivity contribution < 1.29 is 14.6 Å². The number of carboxylic acid groups (broad SMARTS) is 1. The second-order valence-electron chi connectivity index (χ2n) is 5.99. The third-order valence-electron chi connectivity index (χ3n) is 4.22. The van der Waals surface area contributed by atoms with Crippen LogP contribution in [0, 0.1) is 0 Å². The van der Waals surface area contributed by atoms with Crippen LogP contribution in [-0.4, -0.2) is 35.2 Å². The number of anilines is 1. The molecule has 3 rings (SSSR count). The number of hydrogen-bond acceptors (Lipinski definition) is 3. The summed E-state index contributed by atoms with van der Waals surface area (Å²) in [6.45, 7) is 1.70. The molecule has 1 aliphatic rings. The van der Waals surface area contributed by atoms with E-state index in [9.17, 15) is 4.79 Å². The highest BCUT2D eigenvalue weighted by atomic mass is 16.5. The zero-order valence-corrected chi connectivity index (χ0v) is 13.5. The van der Waals surface area contributed by atoms with Crippen LogP contribution >= 0.6 is 0 Å². The number of piperidine rings is 1. The van der Waals surface area contributed by atoms with E-state index in [0.717, 1.165) is 29.8 Å². The molecule has 1 fully saturated rings. The van der Waals surface area contributed by atoms with Crippen molar-refractivity contribution in [2.75, 3.05) is 18.4 Å². The van der Waals surface area contributed by atoms with Crippen molar-refractivity contribution in [3.05, 3.63) is 60.2 Å². The highest BCUT2D eigenvalue weighted by Crippen LogP contribution is 2.22. The lowest BCUT2D eigenvalue weighted by Gasteiger charge is -2.31. The van der Waals surface area contributed by atoms with E-state index < -0.39 is 6.09 Å². The lowest BCUT2D eigenvalue weighted by Crippen LogP contribution is -2.41. The van der Waals surface area contributed by atoms with E-state index >= 15 is 0 Å².